The summed E-state index contributed by atoms with van der Waals surface area (Å²) in [5.74, 6) is -1.12. The van der Waals surface area contributed by atoms with E-state index in [-0.39, 0.29) is 24.3 Å². The maximum absolute atomic E-state index is 13.1. The summed E-state index contributed by atoms with van der Waals surface area (Å²) in [4.78, 5) is 37.8. The van der Waals surface area contributed by atoms with Gasteiger partial charge in [-0.3, -0.25) is 4.79 Å². The molecule has 0 fully saturated rings. The number of carbonyl (C=O) groups is 3. The number of rotatable bonds is 8. The summed E-state index contributed by atoms with van der Waals surface area (Å²) in [6, 6.07) is 10.3. The maximum Gasteiger partial charge on any atom is 0.408 e. The molecule has 0 aliphatic heterocycles. The number of benzene rings is 2. The summed E-state index contributed by atoms with van der Waals surface area (Å²) in [5.41, 5.74) is 0.604. The minimum atomic E-state index is -1.06. The van der Waals surface area contributed by atoms with E-state index in [1.807, 2.05) is 0 Å². The van der Waals surface area contributed by atoms with Gasteiger partial charge in [0.2, 0.25) is 5.91 Å². The Kier molecular flexibility index (Phi) is 8.67. The van der Waals surface area contributed by atoms with E-state index in [4.69, 9.17) is 9.47 Å². The molecule has 178 valence electrons. The molecule has 0 aliphatic carbocycles. The predicted octanol–water partition coefficient (Wildman–Crippen LogP) is 2.43. The minimum absolute atomic E-state index is 0.0690. The molecular weight excluding hydrogens is 428 g/mol. The molecule has 0 saturated heterocycles. The monoisotopic (exact) mass is 458 g/mol. The van der Waals surface area contributed by atoms with Gasteiger partial charge in [-0.25, -0.2) is 9.59 Å². The van der Waals surface area contributed by atoms with Crippen LogP contribution in [0.1, 0.15) is 31.9 Å². The van der Waals surface area contributed by atoms with Crippen LogP contribution in [0.3, 0.4) is 0 Å². The zero-order valence-corrected chi connectivity index (χ0v) is 19.1. The van der Waals surface area contributed by atoms with Gasteiger partial charge in [-0.2, -0.15) is 0 Å². The first-order chi connectivity index (χ1) is 15.5. The molecule has 33 heavy (non-hydrogen) atoms. The molecule has 0 radical (unpaired) electrons. The maximum atomic E-state index is 13.1. The van der Waals surface area contributed by atoms with Crippen molar-refractivity contribution in [2.75, 3.05) is 7.11 Å². The number of phenols is 2. The lowest BCUT2D eigenvalue weighted by Gasteiger charge is -2.25. The fraction of sp³-hybridized carbons (Fsp3) is 0.375. The van der Waals surface area contributed by atoms with Crippen LogP contribution in [-0.4, -0.2) is 53.0 Å². The van der Waals surface area contributed by atoms with Crippen molar-refractivity contribution in [1.29, 1.82) is 0 Å². The number of aromatic hydroxyl groups is 2. The van der Waals surface area contributed by atoms with Crippen molar-refractivity contribution < 1.29 is 34.1 Å². The van der Waals surface area contributed by atoms with Gasteiger partial charge in [0.25, 0.3) is 0 Å². The highest BCUT2D eigenvalue weighted by Crippen LogP contribution is 2.14. The van der Waals surface area contributed by atoms with E-state index < -0.39 is 35.7 Å². The molecule has 9 nitrogen and oxygen atoms in total. The van der Waals surface area contributed by atoms with Crippen LogP contribution in [0.2, 0.25) is 0 Å². The summed E-state index contributed by atoms with van der Waals surface area (Å²) < 4.78 is 10.1. The second-order valence-electron chi connectivity index (χ2n) is 8.52. The van der Waals surface area contributed by atoms with Gasteiger partial charge in [-0.1, -0.05) is 24.3 Å². The van der Waals surface area contributed by atoms with Crippen LogP contribution in [0.15, 0.2) is 48.5 Å². The van der Waals surface area contributed by atoms with Gasteiger partial charge in [0.1, 0.15) is 29.2 Å². The molecule has 2 rings (SSSR count). The van der Waals surface area contributed by atoms with Crippen LogP contribution in [0.5, 0.6) is 11.5 Å². The quantitative estimate of drug-likeness (QED) is 0.446. The predicted molar refractivity (Wildman–Crippen MR) is 121 cm³/mol. The molecule has 2 unspecified atom stereocenters. The number of ether oxygens (including phenoxy) is 2. The van der Waals surface area contributed by atoms with Crippen LogP contribution in [0, 0.1) is 0 Å². The van der Waals surface area contributed by atoms with E-state index in [1.165, 1.54) is 31.4 Å². The van der Waals surface area contributed by atoms with Crippen LogP contribution in [0.4, 0.5) is 4.79 Å². The Morgan fingerprint density at radius 2 is 1.27 bits per heavy atom. The van der Waals surface area contributed by atoms with Crippen molar-refractivity contribution in [1.82, 2.24) is 10.6 Å². The van der Waals surface area contributed by atoms with Crippen molar-refractivity contribution in [2.45, 2.75) is 51.3 Å². The van der Waals surface area contributed by atoms with Gasteiger partial charge in [-0.05, 0) is 56.2 Å². The number of hydrogen-bond donors (Lipinski definition) is 4. The number of amides is 2. The third-order valence-electron chi connectivity index (χ3n) is 4.56. The number of alkyl carbamates (subject to hydrolysis) is 1. The van der Waals surface area contributed by atoms with Gasteiger partial charge in [0.05, 0.1) is 7.11 Å². The highest BCUT2D eigenvalue weighted by Gasteiger charge is 2.29. The number of methoxy groups -OCH3 is 1. The van der Waals surface area contributed by atoms with Crippen LogP contribution < -0.4 is 10.6 Å². The van der Waals surface area contributed by atoms with Crippen LogP contribution in [0.25, 0.3) is 0 Å². The van der Waals surface area contributed by atoms with Gasteiger partial charge in [0.15, 0.2) is 0 Å². The lowest BCUT2D eigenvalue weighted by Crippen LogP contribution is -2.53. The molecule has 0 aliphatic rings. The Morgan fingerprint density at radius 1 is 0.818 bits per heavy atom. The first-order valence-corrected chi connectivity index (χ1v) is 10.4. The first kappa shape index (κ1) is 25.5. The average Bonchev–Trinajstić information content (AvgIpc) is 2.73. The molecule has 0 bridgehead atoms. The fourth-order valence-electron chi connectivity index (χ4n) is 3.00. The summed E-state index contributed by atoms with van der Waals surface area (Å²) in [6.45, 7) is 5.10. The molecule has 4 N–H and O–H groups in total. The number of phenolic OH excluding ortho intramolecular Hbond substituents is 2. The van der Waals surface area contributed by atoms with E-state index in [2.05, 4.69) is 10.6 Å². The van der Waals surface area contributed by atoms with E-state index >= 15 is 0 Å². The Morgan fingerprint density at radius 3 is 1.70 bits per heavy atom. The Hall–Kier alpha value is -3.75. The minimum Gasteiger partial charge on any atom is -0.508 e. The summed E-state index contributed by atoms with van der Waals surface area (Å²) >= 11 is 0. The zero-order chi connectivity index (χ0) is 24.6. The second kappa shape index (κ2) is 11.2. The van der Waals surface area contributed by atoms with Crippen molar-refractivity contribution in [3.05, 3.63) is 59.7 Å². The molecule has 2 aromatic rings. The Labute approximate surface area is 192 Å². The number of nitrogens with one attached hydrogen (secondary N) is 2. The third kappa shape index (κ3) is 8.72. The van der Waals surface area contributed by atoms with Crippen molar-refractivity contribution >= 4 is 18.0 Å². The molecule has 0 spiro atoms. The lowest BCUT2D eigenvalue weighted by atomic mass is 10.0. The number of esters is 1. The average molecular weight is 459 g/mol. The van der Waals surface area contributed by atoms with Crippen molar-refractivity contribution in [3.8, 4) is 11.5 Å². The molecule has 2 aromatic carbocycles. The van der Waals surface area contributed by atoms with E-state index in [1.54, 1.807) is 45.0 Å². The standard InChI is InChI=1S/C24H30N2O7/c1-24(2,3)33-23(31)26-19(13-15-5-9-17(27)10-6-15)21(29)25-20(22(30)32-4)14-16-7-11-18(28)12-8-16/h5-12,19-20,27-28H,13-14H2,1-4H3,(H,25,29)(H,26,31). The molecule has 0 heterocycles. The van der Waals surface area contributed by atoms with Crippen LogP contribution in [-0.2, 0) is 31.9 Å². The van der Waals surface area contributed by atoms with E-state index in [0.717, 1.165) is 0 Å². The largest absolute Gasteiger partial charge is 0.508 e. The highest BCUT2D eigenvalue weighted by molar-refractivity contribution is 5.90. The summed E-state index contributed by atoms with van der Waals surface area (Å²) in [5, 5.41) is 24.1. The number of carbonyl (C=O) groups excluding carboxylic acids is 3. The smallest absolute Gasteiger partial charge is 0.408 e. The van der Waals surface area contributed by atoms with Crippen molar-refractivity contribution in [3.63, 3.8) is 0 Å². The summed E-state index contributed by atoms with van der Waals surface area (Å²) in [7, 11) is 1.21. The molecule has 0 saturated carbocycles. The Balaban J connectivity index is 2.21. The van der Waals surface area contributed by atoms with Crippen molar-refractivity contribution in [2.24, 2.45) is 0 Å². The first-order valence-electron chi connectivity index (χ1n) is 10.4. The van der Waals surface area contributed by atoms with Gasteiger partial charge in [-0.15, -0.1) is 0 Å². The number of hydrogen-bond acceptors (Lipinski definition) is 7. The molecule has 0 aromatic heterocycles. The molecule has 2 amide bonds. The normalized spacial score (nSPS) is 12.8. The van der Waals surface area contributed by atoms with Gasteiger partial charge >= 0.3 is 12.1 Å². The van der Waals surface area contributed by atoms with Gasteiger partial charge in [0, 0.05) is 12.8 Å². The molecule has 9 heteroatoms. The summed E-state index contributed by atoms with van der Waals surface area (Å²) in [6.07, 6.45) is -0.565. The molecular formula is C24H30N2O7. The highest BCUT2D eigenvalue weighted by atomic mass is 16.6. The SMILES string of the molecule is COC(=O)C(Cc1ccc(O)cc1)NC(=O)C(Cc1ccc(O)cc1)NC(=O)OC(C)(C)C. The van der Waals surface area contributed by atoms with E-state index in [0.29, 0.717) is 11.1 Å². The fourth-order valence-corrected chi connectivity index (χ4v) is 3.00. The molecule has 2 atom stereocenters. The zero-order valence-electron chi connectivity index (χ0n) is 19.1. The second-order valence-corrected chi connectivity index (χ2v) is 8.52. The van der Waals surface area contributed by atoms with Crippen LogP contribution >= 0.6 is 0 Å². The topological polar surface area (TPSA) is 134 Å². The van der Waals surface area contributed by atoms with E-state index in [9.17, 15) is 24.6 Å². The van der Waals surface area contributed by atoms with Gasteiger partial charge < -0.3 is 30.3 Å². The Bertz CT molecular complexity index is 950. The third-order valence-corrected chi connectivity index (χ3v) is 4.56. The lowest BCUT2D eigenvalue weighted by molar-refractivity contribution is -0.145.